The number of hydrogen-bond acceptors (Lipinski definition) is 3. The first kappa shape index (κ1) is 27.8. The van der Waals surface area contributed by atoms with Gasteiger partial charge < -0.3 is 4.74 Å². The lowest BCUT2D eigenvalue weighted by Crippen LogP contribution is -2.57. The van der Waals surface area contributed by atoms with E-state index in [1.54, 1.807) is 32.1 Å². The highest BCUT2D eigenvalue weighted by Crippen LogP contribution is 2.62. The summed E-state index contributed by atoms with van der Waals surface area (Å²) in [6, 6.07) is 2.69. The molecule has 0 radical (unpaired) electrons. The first-order chi connectivity index (χ1) is 19.7. The summed E-state index contributed by atoms with van der Waals surface area (Å²) >= 11 is 2.58. The van der Waals surface area contributed by atoms with Crippen molar-refractivity contribution in [2.75, 3.05) is 0 Å². The minimum atomic E-state index is 0.618. The minimum Gasteiger partial charge on any atom is -0.374 e. The van der Waals surface area contributed by atoms with Crippen LogP contribution < -0.4 is 0 Å². The van der Waals surface area contributed by atoms with Crippen LogP contribution in [0.15, 0.2) is 0 Å². The lowest BCUT2D eigenvalue weighted by molar-refractivity contribution is -0.0120. The Morgan fingerprint density at radius 3 is 1.95 bits per heavy atom. The van der Waals surface area contributed by atoms with Gasteiger partial charge in [0, 0.05) is 34.5 Å². The molecule has 0 aromatic heterocycles. The molecule has 9 unspecified atom stereocenters. The van der Waals surface area contributed by atoms with Gasteiger partial charge in [-0.2, -0.15) is 11.8 Å². The van der Waals surface area contributed by atoms with Crippen molar-refractivity contribution in [3.05, 3.63) is 0 Å². The highest BCUT2D eigenvalue weighted by Gasteiger charge is 2.60. The van der Waals surface area contributed by atoms with E-state index in [-0.39, 0.29) is 0 Å². The van der Waals surface area contributed by atoms with E-state index in [0.29, 0.717) is 12.2 Å². The van der Waals surface area contributed by atoms with Gasteiger partial charge in [0.15, 0.2) is 0 Å². The van der Waals surface area contributed by atoms with Crippen LogP contribution in [-0.2, 0) is 4.74 Å². The van der Waals surface area contributed by atoms with Gasteiger partial charge in [0.05, 0.1) is 12.2 Å². The Morgan fingerprint density at radius 1 is 0.500 bits per heavy atom. The highest BCUT2D eigenvalue weighted by atomic mass is 32.2. The molecule has 8 aliphatic rings. The number of rotatable bonds is 4. The van der Waals surface area contributed by atoms with E-state index in [4.69, 9.17) is 4.74 Å². The Bertz CT molecular complexity index is 841. The van der Waals surface area contributed by atoms with Crippen LogP contribution in [0.3, 0.4) is 0 Å². The van der Waals surface area contributed by atoms with Crippen LogP contribution in [0.2, 0.25) is 0 Å². The van der Waals surface area contributed by atoms with E-state index >= 15 is 0 Å². The van der Waals surface area contributed by atoms with Crippen molar-refractivity contribution >= 4 is 11.8 Å². The third-order valence-electron chi connectivity index (χ3n) is 14.6. The average molecular weight is 568 g/mol. The molecule has 226 valence electrons. The monoisotopic (exact) mass is 567 g/mol. The zero-order valence-electron chi connectivity index (χ0n) is 25.9. The molecular formula is C37H61NOS. The zero-order valence-corrected chi connectivity index (χ0v) is 26.7. The molecule has 9 atom stereocenters. The van der Waals surface area contributed by atoms with Gasteiger partial charge in [0.25, 0.3) is 0 Å². The molecule has 2 nitrogen and oxygen atoms in total. The number of ether oxygens (including phenoxy) is 1. The van der Waals surface area contributed by atoms with Crippen molar-refractivity contribution in [2.24, 2.45) is 41.4 Å². The Hall–Kier alpha value is 0.270. The van der Waals surface area contributed by atoms with Gasteiger partial charge in [-0.25, -0.2) is 0 Å². The molecule has 2 saturated heterocycles. The van der Waals surface area contributed by atoms with Crippen molar-refractivity contribution in [3.63, 3.8) is 0 Å². The molecule has 6 saturated carbocycles. The third-order valence-corrected chi connectivity index (χ3v) is 16.5. The maximum absolute atomic E-state index is 6.84. The van der Waals surface area contributed by atoms with Gasteiger partial charge in [0.2, 0.25) is 0 Å². The topological polar surface area (TPSA) is 12.5 Å². The van der Waals surface area contributed by atoms with E-state index in [0.717, 1.165) is 70.1 Å². The fourth-order valence-corrected chi connectivity index (χ4v) is 15.1. The van der Waals surface area contributed by atoms with Crippen molar-refractivity contribution in [2.45, 2.75) is 189 Å². The molecule has 0 aromatic carbocycles. The van der Waals surface area contributed by atoms with Crippen LogP contribution in [0.1, 0.15) is 148 Å². The molecule has 0 aromatic rings. The molecule has 8 fully saturated rings. The summed E-state index contributed by atoms with van der Waals surface area (Å²) in [6.45, 7) is 2.50. The van der Waals surface area contributed by atoms with Crippen LogP contribution in [-0.4, -0.2) is 45.7 Å². The summed E-state index contributed by atoms with van der Waals surface area (Å²) in [5, 5.41) is 1.87. The summed E-state index contributed by atoms with van der Waals surface area (Å²) in [6.07, 6.45) is 34.2. The fraction of sp³-hybridized carbons (Fsp3) is 1.00. The normalized spacial score (nSPS) is 51.6. The second kappa shape index (κ2) is 12.0. The molecular weight excluding hydrogens is 506 g/mol. The maximum atomic E-state index is 6.84. The molecule has 8 rings (SSSR count). The first-order valence-corrected chi connectivity index (χ1v) is 19.8. The summed E-state index contributed by atoms with van der Waals surface area (Å²) in [5.74, 6) is 6.96. The Balaban J connectivity index is 1.01. The van der Waals surface area contributed by atoms with Crippen molar-refractivity contribution in [1.29, 1.82) is 0 Å². The highest BCUT2D eigenvalue weighted by molar-refractivity contribution is 8.00. The second-order valence-corrected chi connectivity index (χ2v) is 17.9. The summed E-state index contributed by atoms with van der Waals surface area (Å²) < 4.78 is 6.84. The van der Waals surface area contributed by atoms with E-state index in [1.807, 2.05) is 0 Å². The SMILES string of the molecule is CC1CCC(C2CCC(N(C3CCCCC3)C3CCCC4C5CCC6OC7CCCCC7C6C5SC43)CC2)CC1. The molecule has 3 heteroatoms. The molecule has 6 aliphatic carbocycles. The largest absolute Gasteiger partial charge is 0.374 e. The number of hydrogen-bond donors (Lipinski definition) is 0. The van der Waals surface area contributed by atoms with Gasteiger partial charge in [-0.1, -0.05) is 58.3 Å². The Kier molecular flexibility index (Phi) is 8.33. The average Bonchev–Trinajstić information content (AvgIpc) is 3.57. The van der Waals surface area contributed by atoms with Gasteiger partial charge in [-0.05, 0) is 125 Å². The summed E-state index contributed by atoms with van der Waals surface area (Å²) in [5.41, 5.74) is 0. The predicted octanol–water partition coefficient (Wildman–Crippen LogP) is 9.64. The maximum Gasteiger partial charge on any atom is 0.0621 e. The van der Waals surface area contributed by atoms with Gasteiger partial charge >= 0.3 is 0 Å². The van der Waals surface area contributed by atoms with Gasteiger partial charge in [0.1, 0.15) is 0 Å². The second-order valence-electron chi connectivity index (χ2n) is 16.5. The van der Waals surface area contributed by atoms with E-state index in [2.05, 4.69) is 23.6 Å². The fourth-order valence-electron chi connectivity index (χ4n) is 12.7. The van der Waals surface area contributed by atoms with Gasteiger partial charge in [-0.3, -0.25) is 4.90 Å². The van der Waals surface area contributed by atoms with Crippen LogP contribution in [0, 0.1) is 41.4 Å². The van der Waals surface area contributed by atoms with E-state index < -0.39 is 0 Å². The summed E-state index contributed by atoms with van der Waals surface area (Å²) in [7, 11) is 0. The standard InChI is InChI=1S/C37H61NOS/c1-24-14-16-25(17-15-24)26-18-20-28(21-19-26)38(27-8-3-2-4-9-27)32-12-7-11-29-30-22-23-34-35(37(30)40-36(29)32)31-10-5-6-13-33(31)39-34/h24-37H,2-23H2,1H3. The first-order valence-electron chi connectivity index (χ1n) is 18.8. The molecule has 0 amide bonds. The lowest BCUT2D eigenvalue weighted by Gasteiger charge is -2.51. The minimum absolute atomic E-state index is 0.618. The molecule has 40 heavy (non-hydrogen) atoms. The number of fused-ring (bicyclic) bond motifs is 7. The van der Waals surface area contributed by atoms with Crippen LogP contribution in [0.5, 0.6) is 0 Å². The molecule has 2 aliphatic heterocycles. The zero-order chi connectivity index (χ0) is 26.6. The molecule has 0 bridgehead atoms. The van der Waals surface area contributed by atoms with Crippen molar-refractivity contribution in [1.82, 2.24) is 4.90 Å². The molecule has 2 heterocycles. The predicted molar refractivity (Wildman–Crippen MR) is 169 cm³/mol. The van der Waals surface area contributed by atoms with Crippen LogP contribution in [0.25, 0.3) is 0 Å². The quantitative estimate of drug-likeness (QED) is 0.335. The number of nitrogens with zero attached hydrogens (tertiary/aromatic N) is 1. The van der Waals surface area contributed by atoms with Crippen LogP contribution in [0.4, 0.5) is 0 Å². The Morgan fingerprint density at radius 2 is 1.15 bits per heavy atom. The van der Waals surface area contributed by atoms with E-state index in [9.17, 15) is 0 Å². The molecule has 0 N–H and O–H groups in total. The van der Waals surface area contributed by atoms with E-state index in [1.165, 1.54) is 109 Å². The number of thioether (sulfide) groups is 1. The Labute approximate surface area is 251 Å². The smallest absolute Gasteiger partial charge is 0.0621 e. The summed E-state index contributed by atoms with van der Waals surface area (Å²) in [4.78, 5) is 3.32. The third kappa shape index (κ3) is 5.08. The van der Waals surface area contributed by atoms with Gasteiger partial charge in [-0.15, -0.1) is 0 Å². The van der Waals surface area contributed by atoms with Crippen molar-refractivity contribution in [3.8, 4) is 0 Å². The van der Waals surface area contributed by atoms with Crippen molar-refractivity contribution < 1.29 is 4.74 Å². The molecule has 0 spiro atoms. The van der Waals surface area contributed by atoms with Crippen LogP contribution >= 0.6 is 11.8 Å². The lowest BCUT2D eigenvalue weighted by atomic mass is 9.64.